The van der Waals surface area contributed by atoms with Crippen LogP contribution in [0.5, 0.6) is 0 Å². The standard InChI is InChI=1S/C12H18N2O2/c1-2-3-8-14-10(15)9-13-11(16)12(14)6-4-5-7-12/h2-3H,4-9H2,1H3,(H,13,16)/b3-2+. The van der Waals surface area contributed by atoms with Crippen molar-refractivity contribution < 1.29 is 9.59 Å². The molecular weight excluding hydrogens is 204 g/mol. The molecule has 0 aromatic carbocycles. The summed E-state index contributed by atoms with van der Waals surface area (Å²) in [6.45, 7) is 2.64. The third-order valence-electron chi connectivity index (χ3n) is 3.59. The van der Waals surface area contributed by atoms with Crippen LogP contribution in [0.2, 0.25) is 0 Å². The minimum absolute atomic E-state index is 0.0362. The van der Waals surface area contributed by atoms with Gasteiger partial charge < -0.3 is 10.2 Å². The number of hydrogen-bond acceptors (Lipinski definition) is 2. The maximum Gasteiger partial charge on any atom is 0.246 e. The molecule has 4 heteroatoms. The predicted molar refractivity (Wildman–Crippen MR) is 60.7 cm³/mol. The van der Waals surface area contributed by atoms with Gasteiger partial charge in [-0.25, -0.2) is 0 Å². The van der Waals surface area contributed by atoms with Gasteiger partial charge in [0.05, 0.1) is 6.54 Å². The molecule has 1 aliphatic carbocycles. The van der Waals surface area contributed by atoms with Crippen LogP contribution in [0.4, 0.5) is 0 Å². The summed E-state index contributed by atoms with van der Waals surface area (Å²) in [5, 5.41) is 2.72. The highest BCUT2D eigenvalue weighted by molar-refractivity contribution is 5.98. The second-order valence-electron chi connectivity index (χ2n) is 4.49. The molecule has 0 bridgehead atoms. The van der Waals surface area contributed by atoms with Crippen LogP contribution >= 0.6 is 0 Å². The molecule has 2 fully saturated rings. The van der Waals surface area contributed by atoms with Gasteiger partial charge in [0.25, 0.3) is 0 Å². The number of rotatable bonds is 2. The van der Waals surface area contributed by atoms with E-state index in [0.29, 0.717) is 6.54 Å². The van der Waals surface area contributed by atoms with E-state index >= 15 is 0 Å². The van der Waals surface area contributed by atoms with E-state index in [9.17, 15) is 9.59 Å². The molecule has 0 radical (unpaired) electrons. The maximum atomic E-state index is 12.0. The molecule has 16 heavy (non-hydrogen) atoms. The zero-order valence-corrected chi connectivity index (χ0v) is 9.66. The average Bonchev–Trinajstić information content (AvgIpc) is 2.75. The highest BCUT2D eigenvalue weighted by Gasteiger charge is 2.50. The molecule has 1 spiro atoms. The Morgan fingerprint density at radius 2 is 2.06 bits per heavy atom. The van der Waals surface area contributed by atoms with E-state index in [-0.39, 0.29) is 18.4 Å². The van der Waals surface area contributed by atoms with Gasteiger partial charge in [-0.3, -0.25) is 9.59 Å². The Morgan fingerprint density at radius 3 is 2.69 bits per heavy atom. The predicted octanol–water partition coefficient (Wildman–Crippen LogP) is 0.834. The van der Waals surface area contributed by atoms with E-state index in [0.717, 1.165) is 25.7 Å². The summed E-state index contributed by atoms with van der Waals surface area (Å²) in [5.41, 5.74) is -0.547. The van der Waals surface area contributed by atoms with E-state index < -0.39 is 5.54 Å². The first-order chi connectivity index (χ1) is 7.70. The molecular formula is C12H18N2O2. The van der Waals surface area contributed by atoms with Crippen LogP contribution in [-0.2, 0) is 9.59 Å². The van der Waals surface area contributed by atoms with E-state index in [2.05, 4.69) is 5.32 Å². The van der Waals surface area contributed by atoms with E-state index in [1.807, 2.05) is 19.1 Å². The van der Waals surface area contributed by atoms with Gasteiger partial charge >= 0.3 is 0 Å². The van der Waals surface area contributed by atoms with Crippen LogP contribution in [-0.4, -0.2) is 35.3 Å². The van der Waals surface area contributed by atoms with Crippen molar-refractivity contribution in [3.8, 4) is 0 Å². The second-order valence-corrected chi connectivity index (χ2v) is 4.49. The lowest BCUT2D eigenvalue weighted by Crippen LogP contribution is -2.66. The summed E-state index contributed by atoms with van der Waals surface area (Å²) in [5.74, 6) is 0.0775. The largest absolute Gasteiger partial charge is 0.345 e. The fourth-order valence-electron chi connectivity index (χ4n) is 2.72. The molecule has 0 unspecified atom stereocenters. The Morgan fingerprint density at radius 1 is 1.38 bits per heavy atom. The molecule has 2 amide bonds. The van der Waals surface area contributed by atoms with Crippen molar-refractivity contribution in [1.82, 2.24) is 10.2 Å². The van der Waals surface area contributed by atoms with Crippen LogP contribution in [0.1, 0.15) is 32.6 Å². The molecule has 0 atom stereocenters. The highest BCUT2D eigenvalue weighted by Crippen LogP contribution is 2.37. The number of allylic oxidation sites excluding steroid dienone is 1. The zero-order valence-electron chi connectivity index (χ0n) is 9.66. The first-order valence-corrected chi connectivity index (χ1v) is 5.90. The lowest BCUT2D eigenvalue weighted by molar-refractivity contribution is -0.152. The van der Waals surface area contributed by atoms with Crippen molar-refractivity contribution >= 4 is 11.8 Å². The number of hydrogen-bond donors (Lipinski definition) is 1. The number of piperazine rings is 1. The van der Waals surface area contributed by atoms with Gasteiger partial charge in [0.2, 0.25) is 11.8 Å². The fraction of sp³-hybridized carbons (Fsp3) is 0.667. The monoisotopic (exact) mass is 222 g/mol. The topological polar surface area (TPSA) is 49.4 Å². The van der Waals surface area contributed by atoms with Gasteiger partial charge in [-0.2, -0.15) is 0 Å². The molecule has 1 N–H and O–H groups in total. The van der Waals surface area contributed by atoms with Crippen LogP contribution in [0.15, 0.2) is 12.2 Å². The Labute approximate surface area is 95.7 Å². The van der Waals surface area contributed by atoms with Gasteiger partial charge in [-0.05, 0) is 19.8 Å². The molecule has 1 saturated heterocycles. The fourth-order valence-corrected chi connectivity index (χ4v) is 2.72. The van der Waals surface area contributed by atoms with Gasteiger partial charge in [-0.15, -0.1) is 0 Å². The SMILES string of the molecule is C/C=C/CN1C(=O)CNC(=O)C12CCCC2. The lowest BCUT2D eigenvalue weighted by Gasteiger charge is -2.43. The number of nitrogens with zero attached hydrogens (tertiary/aromatic N) is 1. The Balaban J connectivity index is 2.26. The van der Waals surface area contributed by atoms with Crippen molar-refractivity contribution in [3.05, 3.63) is 12.2 Å². The summed E-state index contributed by atoms with van der Waals surface area (Å²) < 4.78 is 0. The van der Waals surface area contributed by atoms with Crippen LogP contribution in [0.3, 0.4) is 0 Å². The molecule has 0 aromatic heterocycles. The summed E-state index contributed by atoms with van der Waals surface area (Å²) in [6, 6.07) is 0. The van der Waals surface area contributed by atoms with Crippen molar-refractivity contribution in [2.45, 2.75) is 38.1 Å². The van der Waals surface area contributed by atoms with Crippen LogP contribution in [0, 0.1) is 0 Å². The average molecular weight is 222 g/mol. The third-order valence-corrected chi connectivity index (χ3v) is 3.59. The molecule has 1 heterocycles. The first kappa shape index (κ1) is 11.2. The van der Waals surface area contributed by atoms with Crippen molar-refractivity contribution in [1.29, 1.82) is 0 Å². The number of carbonyl (C=O) groups is 2. The summed E-state index contributed by atoms with van der Waals surface area (Å²) in [6.07, 6.45) is 7.54. The van der Waals surface area contributed by atoms with E-state index in [1.54, 1.807) is 4.90 Å². The highest BCUT2D eigenvalue weighted by atomic mass is 16.2. The maximum absolute atomic E-state index is 12.0. The molecule has 0 aromatic rings. The smallest absolute Gasteiger partial charge is 0.246 e. The van der Waals surface area contributed by atoms with Crippen LogP contribution < -0.4 is 5.32 Å². The zero-order chi connectivity index (χ0) is 11.6. The summed E-state index contributed by atoms with van der Waals surface area (Å²) in [7, 11) is 0. The van der Waals surface area contributed by atoms with Crippen molar-refractivity contribution in [3.63, 3.8) is 0 Å². The lowest BCUT2D eigenvalue weighted by atomic mass is 9.91. The number of nitrogens with one attached hydrogen (secondary N) is 1. The van der Waals surface area contributed by atoms with E-state index in [4.69, 9.17) is 0 Å². The van der Waals surface area contributed by atoms with Gasteiger partial charge in [0, 0.05) is 6.54 Å². The molecule has 1 aliphatic heterocycles. The molecule has 2 aliphatic rings. The Bertz CT molecular complexity index is 330. The Hall–Kier alpha value is -1.32. The van der Waals surface area contributed by atoms with Crippen molar-refractivity contribution in [2.75, 3.05) is 13.1 Å². The molecule has 88 valence electrons. The number of carbonyl (C=O) groups excluding carboxylic acids is 2. The normalized spacial score (nSPS) is 24.4. The minimum Gasteiger partial charge on any atom is -0.345 e. The first-order valence-electron chi connectivity index (χ1n) is 5.90. The van der Waals surface area contributed by atoms with Gasteiger partial charge in [0.1, 0.15) is 5.54 Å². The minimum atomic E-state index is -0.547. The van der Waals surface area contributed by atoms with E-state index in [1.165, 1.54) is 0 Å². The van der Waals surface area contributed by atoms with Crippen LogP contribution in [0.25, 0.3) is 0 Å². The van der Waals surface area contributed by atoms with Gasteiger partial charge in [0.15, 0.2) is 0 Å². The second kappa shape index (κ2) is 4.28. The Kier molecular flexibility index (Phi) is 2.99. The summed E-state index contributed by atoms with van der Waals surface area (Å²) >= 11 is 0. The van der Waals surface area contributed by atoms with Gasteiger partial charge in [-0.1, -0.05) is 25.0 Å². The molecule has 1 saturated carbocycles. The molecule has 2 rings (SSSR count). The molecule has 4 nitrogen and oxygen atoms in total. The number of amides is 2. The quantitative estimate of drug-likeness (QED) is 0.704. The third kappa shape index (κ3) is 1.62. The summed E-state index contributed by atoms with van der Waals surface area (Å²) in [4.78, 5) is 25.7. The van der Waals surface area contributed by atoms with Crippen molar-refractivity contribution in [2.24, 2.45) is 0 Å².